The summed E-state index contributed by atoms with van der Waals surface area (Å²) in [6.07, 6.45) is 4.48. The largest absolute Gasteiger partial charge is 0.494 e. The van der Waals surface area contributed by atoms with E-state index in [9.17, 15) is 37.5 Å². The van der Waals surface area contributed by atoms with Crippen molar-refractivity contribution >= 4 is 41.4 Å². The summed E-state index contributed by atoms with van der Waals surface area (Å²) >= 11 is 0. The summed E-state index contributed by atoms with van der Waals surface area (Å²) in [5, 5.41) is 10.6. The highest BCUT2D eigenvalue weighted by atomic mass is 19.1. The minimum absolute atomic E-state index is 0.0544. The van der Waals surface area contributed by atoms with Gasteiger partial charge in [-0.2, -0.15) is 0 Å². The van der Waals surface area contributed by atoms with Gasteiger partial charge in [-0.15, -0.1) is 0 Å². The predicted molar refractivity (Wildman–Crippen MR) is 203 cm³/mol. The number of pyridine rings is 1. The number of ether oxygens (including phenoxy) is 1. The molecule has 0 unspecified atom stereocenters. The molecule has 7 amide bonds. The second kappa shape index (κ2) is 17.7. The quantitative estimate of drug-likeness (QED) is 0.345. The summed E-state index contributed by atoms with van der Waals surface area (Å²) in [7, 11) is 0. The number of hydrogen-bond donors (Lipinski definition) is 4. The van der Waals surface area contributed by atoms with Crippen LogP contribution in [0, 0.1) is 24.5 Å². The molecule has 3 fully saturated rings. The van der Waals surface area contributed by atoms with Crippen molar-refractivity contribution in [2.24, 2.45) is 5.92 Å². The van der Waals surface area contributed by atoms with Gasteiger partial charge in [0.15, 0.2) is 0 Å². The molecule has 6 rings (SSSR count). The summed E-state index contributed by atoms with van der Waals surface area (Å²) in [6, 6.07) is -0.399. The molecule has 3 saturated heterocycles. The molecular formula is C40H50F2N8O7. The second-order valence-corrected chi connectivity index (χ2v) is 15.5. The number of hydrogen-bond acceptors (Lipinski definition) is 8. The number of carbonyl (C=O) groups is 6. The minimum atomic E-state index is -1.47. The van der Waals surface area contributed by atoms with Crippen molar-refractivity contribution in [1.82, 2.24) is 35.6 Å². The van der Waals surface area contributed by atoms with Crippen LogP contribution < -0.4 is 21.3 Å². The summed E-state index contributed by atoms with van der Waals surface area (Å²) in [5.74, 6) is -4.27. The summed E-state index contributed by atoms with van der Waals surface area (Å²) in [6.45, 7) is 7.79. The van der Waals surface area contributed by atoms with Gasteiger partial charge in [-0.25, -0.2) is 18.6 Å². The minimum Gasteiger partial charge on any atom is -0.494 e. The van der Waals surface area contributed by atoms with Gasteiger partial charge in [-0.1, -0.05) is 13.0 Å². The molecule has 15 nitrogen and oxygen atoms in total. The van der Waals surface area contributed by atoms with Crippen molar-refractivity contribution in [1.29, 1.82) is 0 Å². The number of anilines is 1. The van der Waals surface area contributed by atoms with Crippen LogP contribution in [0.15, 0.2) is 48.5 Å². The molecule has 5 heterocycles. The van der Waals surface area contributed by atoms with Gasteiger partial charge in [-0.05, 0) is 94.5 Å². The van der Waals surface area contributed by atoms with Crippen molar-refractivity contribution in [3.63, 3.8) is 0 Å². The van der Waals surface area contributed by atoms with Gasteiger partial charge >= 0.3 is 6.03 Å². The fourth-order valence-electron chi connectivity index (χ4n) is 7.96. The van der Waals surface area contributed by atoms with Crippen LogP contribution in [-0.2, 0) is 35.1 Å². The van der Waals surface area contributed by atoms with Gasteiger partial charge < -0.3 is 35.4 Å². The molecule has 0 bridgehead atoms. The Morgan fingerprint density at radius 3 is 2.35 bits per heavy atom. The molecule has 4 aliphatic rings. The van der Waals surface area contributed by atoms with Crippen molar-refractivity contribution in [3.8, 4) is 0 Å². The Kier molecular flexibility index (Phi) is 12.7. The first-order valence-corrected chi connectivity index (χ1v) is 19.5. The number of nitrogens with one attached hydrogen (secondary N) is 4. The van der Waals surface area contributed by atoms with E-state index in [1.165, 1.54) is 27.2 Å². The van der Waals surface area contributed by atoms with E-state index in [0.717, 1.165) is 17.7 Å². The van der Waals surface area contributed by atoms with Crippen LogP contribution in [0.3, 0.4) is 0 Å². The third kappa shape index (κ3) is 9.68. The molecule has 306 valence electrons. The second-order valence-electron chi connectivity index (χ2n) is 15.5. The molecule has 0 spiro atoms. The van der Waals surface area contributed by atoms with Crippen LogP contribution in [0.25, 0.3) is 0 Å². The van der Waals surface area contributed by atoms with Crippen molar-refractivity contribution < 1.29 is 42.3 Å². The normalized spacial score (nSPS) is 27.3. The number of allylic oxidation sites excluding steroid dienone is 1. The van der Waals surface area contributed by atoms with Gasteiger partial charge in [0.1, 0.15) is 60.0 Å². The van der Waals surface area contributed by atoms with Gasteiger partial charge in [0.05, 0.1) is 5.70 Å². The number of benzene rings is 1. The molecule has 4 aliphatic heterocycles. The van der Waals surface area contributed by atoms with E-state index in [2.05, 4.69) is 26.3 Å². The van der Waals surface area contributed by atoms with Crippen LogP contribution in [0.4, 0.5) is 19.4 Å². The number of piperidine rings is 1. The highest BCUT2D eigenvalue weighted by Gasteiger charge is 2.45. The molecule has 1 aromatic heterocycles. The Labute approximate surface area is 329 Å². The number of fused-ring (bicyclic) bond motifs is 3. The standard InChI is InChI=1S/C40H50F2N8O7/c1-22-10-11-33(43-19-22)46-40(56)45-30(17-26-15-27(41)18-28(42)16-26)35(51)47-34-25(4)57-21-29-14-23(2)20-50(29)37(53)24(3)44-36(52)31-8-5-6-12-48(31)38(54)32-9-7-13-49(32)39(34)55/h10-11,15-16,18-19,21,23-25,30-32,34H,5-9,12-14,17,20H2,1-4H3,(H,44,52)(H,47,51)(H2,43,45,46,56)/b29-21-/t23-,24+,25+,30+,31+,32+,34+/m1/s1. The zero-order chi connectivity index (χ0) is 41.0. The van der Waals surface area contributed by atoms with E-state index in [1.54, 1.807) is 26.0 Å². The van der Waals surface area contributed by atoms with Crippen LogP contribution in [-0.4, -0.2) is 111 Å². The molecule has 0 radical (unpaired) electrons. The van der Waals surface area contributed by atoms with Gasteiger partial charge in [0.2, 0.25) is 29.5 Å². The lowest BCUT2D eigenvalue weighted by Crippen LogP contribution is -2.62. The zero-order valence-electron chi connectivity index (χ0n) is 32.6. The molecule has 57 heavy (non-hydrogen) atoms. The van der Waals surface area contributed by atoms with Crippen molar-refractivity contribution in [3.05, 3.63) is 71.2 Å². The zero-order valence-corrected chi connectivity index (χ0v) is 32.6. The maximum absolute atomic E-state index is 14.7. The highest BCUT2D eigenvalue weighted by molar-refractivity contribution is 5.98. The van der Waals surface area contributed by atoms with Crippen LogP contribution in [0.5, 0.6) is 0 Å². The molecular weight excluding hydrogens is 742 g/mol. The Morgan fingerprint density at radius 1 is 0.930 bits per heavy atom. The lowest BCUT2D eigenvalue weighted by atomic mass is 9.99. The number of carbonyl (C=O) groups excluding carboxylic acids is 6. The molecule has 0 saturated carbocycles. The Balaban J connectivity index is 1.34. The van der Waals surface area contributed by atoms with Crippen LogP contribution >= 0.6 is 0 Å². The Morgan fingerprint density at radius 2 is 1.63 bits per heavy atom. The van der Waals surface area contributed by atoms with Crippen LogP contribution in [0.1, 0.15) is 70.4 Å². The smallest absolute Gasteiger partial charge is 0.321 e. The van der Waals surface area contributed by atoms with E-state index in [1.807, 2.05) is 13.8 Å². The molecule has 4 N–H and O–H groups in total. The molecule has 1 aromatic carbocycles. The van der Waals surface area contributed by atoms with E-state index in [0.29, 0.717) is 63.4 Å². The van der Waals surface area contributed by atoms with Crippen molar-refractivity contribution in [2.75, 3.05) is 25.0 Å². The number of amides is 7. The highest BCUT2D eigenvalue weighted by Crippen LogP contribution is 2.29. The molecule has 2 aromatic rings. The SMILES string of the molecule is Cc1ccc(NC(=O)N[C@@H](Cc2cc(F)cc(F)c2)C(=O)N[C@@H]2C(=O)N3CCC[C@H]3C(=O)N3CCCC[C@H]3C(=O)N[C@@H](C)C(=O)N3C[C@H](C)C/C3=C/O[C@H]2C)nc1. The number of nitrogens with zero attached hydrogens (tertiary/aromatic N) is 4. The first-order valence-electron chi connectivity index (χ1n) is 19.5. The lowest BCUT2D eigenvalue weighted by molar-refractivity contribution is -0.152. The summed E-state index contributed by atoms with van der Waals surface area (Å²) in [5.41, 5.74) is 1.42. The number of urea groups is 1. The molecule has 0 aliphatic carbocycles. The van der Waals surface area contributed by atoms with E-state index in [4.69, 9.17) is 4.74 Å². The third-order valence-electron chi connectivity index (χ3n) is 10.9. The maximum Gasteiger partial charge on any atom is 0.321 e. The predicted octanol–water partition coefficient (Wildman–Crippen LogP) is 2.89. The maximum atomic E-state index is 14.7. The lowest BCUT2D eigenvalue weighted by Gasteiger charge is -2.39. The van der Waals surface area contributed by atoms with Gasteiger partial charge in [-0.3, -0.25) is 29.3 Å². The topological polar surface area (TPSA) is 182 Å². The number of halogens is 2. The van der Waals surface area contributed by atoms with Crippen LogP contribution in [0.2, 0.25) is 0 Å². The van der Waals surface area contributed by atoms with E-state index >= 15 is 0 Å². The van der Waals surface area contributed by atoms with Gasteiger partial charge in [0.25, 0.3) is 0 Å². The molecule has 17 heteroatoms. The van der Waals surface area contributed by atoms with E-state index in [-0.39, 0.29) is 36.2 Å². The van der Waals surface area contributed by atoms with Gasteiger partial charge in [0, 0.05) is 38.3 Å². The fraction of sp³-hybridized carbons (Fsp3) is 0.525. The first-order chi connectivity index (χ1) is 27.2. The average Bonchev–Trinajstić information content (AvgIpc) is 3.81. The fourth-order valence-corrected chi connectivity index (χ4v) is 7.96. The average molecular weight is 793 g/mol. The number of aromatic nitrogens is 1. The van der Waals surface area contributed by atoms with Crippen molar-refractivity contribution in [2.45, 2.75) is 109 Å². The Bertz CT molecular complexity index is 1890. The first kappa shape index (κ1) is 41.0. The monoisotopic (exact) mass is 792 g/mol. The Hall–Kier alpha value is -5.61. The summed E-state index contributed by atoms with van der Waals surface area (Å²) in [4.78, 5) is 92.4. The number of rotatable bonds is 6. The summed E-state index contributed by atoms with van der Waals surface area (Å²) < 4.78 is 34.8. The van der Waals surface area contributed by atoms with E-state index < -0.39 is 77.6 Å². The third-order valence-corrected chi connectivity index (χ3v) is 10.9. The number of aryl methyl sites for hydroxylation is 1. The molecule has 7 atom stereocenters.